The summed E-state index contributed by atoms with van der Waals surface area (Å²) in [5, 5.41) is 5.32. The Labute approximate surface area is 153 Å². The van der Waals surface area contributed by atoms with Crippen molar-refractivity contribution >= 4 is 11.8 Å². The number of para-hydroxylation sites is 2. The lowest BCUT2D eigenvalue weighted by molar-refractivity contribution is -0.120. The number of ether oxygens (including phenoxy) is 2. The maximum Gasteiger partial charge on any atom is 0.251 e. The Balaban J connectivity index is 1.71. The number of rotatable bonds is 8. The van der Waals surface area contributed by atoms with Gasteiger partial charge in [0.25, 0.3) is 5.91 Å². The zero-order chi connectivity index (χ0) is 18.9. The third kappa shape index (κ3) is 5.81. The minimum Gasteiger partial charge on any atom is -0.493 e. The van der Waals surface area contributed by atoms with E-state index in [4.69, 9.17) is 9.47 Å². The molecule has 2 N–H and O–H groups in total. The smallest absolute Gasteiger partial charge is 0.251 e. The third-order valence-electron chi connectivity index (χ3n) is 3.64. The van der Waals surface area contributed by atoms with Crippen LogP contribution in [-0.4, -0.2) is 38.6 Å². The van der Waals surface area contributed by atoms with Crippen LogP contribution in [0.3, 0.4) is 0 Å². The Bertz CT molecular complexity index is 754. The van der Waals surface area contributed by atoms with Crippen LogP contribution in [0.4, 0.5) is 0 Å². The van der Waals surface area contributed by atoms with Gasteiger partial charge in [-0.1, -0.05) is 29.3 Å². The first kappa shape index (κ1) is 19.3. The molecule has 0 saturated heterocycles. The number of hydrogen-bond donors (Lipinski definition) is 2. The normalized spacial score (nSPS) is 10.1. The van der Waals surface area contributed by atoms with Crippen molar-refractivity contribution in [3.8, 4) is 11.5 Å². The highest BCUT2D eigenvalue weighted by Gasteiger charge is 2.09. The van der Waals surface area contributed by atoms with Crippen molar-refractivity contribution in [1.29, 1.82) is 0 Å². The van der Waals surface area contributed by atoms with Gasteiger partial charge in [0, 0.05) is 5.56 Å². The molecule has 0 aromatic heterocycles. The number of hydrogen-bond acceptors (Lipinski definition) is 4. The minimum atomic E-state index is -0.272. The standard InChI is InChI=1S/C20H24N2O4/c1-14-10-15(2)12-16(11-14)20(24)22-13-19(23)21-8-9-26-18-7-5-4-6-17(18)25-3/h4-7,10-12H,8-9,13H2,1-3H3,(H,21,23)(H,22,24). The van der Waals surface area contributed by atoms with Crippen molar-refractivity contribution in [1.82, 2.24) is 10.6 Å². The second-order valence-corrected chi connectivity index (χ2v) is 5.91. The van der Waals surface area contributed by atoms with E-state index < -0.39 is 0 Å². The van der Waals surface area contributed by atoms with Crippen LogP contribution < -0.4 is 20.1 Å². The fourth-order valence-electron chi connectivity index (χ4n) is 2.52. The number of carbonyl (C=O) groups excluding carboxylic acids is 2. The highest BCUT2D eigenvalue weighted by Crippen LogP contribution is 2.25. The summed E-state index contributed by atoms with van der Waals surface area (Å²) in [5.41, 5.74) is 2.57. The topological polar surface area (TPSA) is 76.7 Å². The van der Waals surface area contributed by atoms with Crippen LogP contribution in [0.2, 0.25) is 0 Å². The zero-order valence-electron chi connectivity index (χ0n) is 15.3. The Morgan fingerprint density at radius 3 is 2.27 bits per heavy atom. The molecule has 138 valence electrons. The second kappa shape index (κ2) is 9.46. The predicted octanol–water partition coefficient (Wildman–Crippen LogP) is 2.24. The largest absolute Gasteiger partial charge is 0.493 e. The fourth-order valence-corrected chi connectivity index (χ4v) is 2.52. The summed E-state index contributed by atoms with van der Waals surface area (Å²) in [6.45, 7) is 4.41. The second-order valence-electron chi connectivity index (χ2n) is 5.91. The van der Waals surface area contributed by atoms with Crippen LogP contribution in [0.15, 0.2) is 42.5 Å². The number of amides is 2. The van der Waals surface area contributed by atoms with Crippen LogP contribution >= 0.6 is 0 Å². The summed E-state index contributed by atoms with van der Waals surface area (Å²) in [6, 6.07) is 12.9. The van der Waals surface area contributed by atoms with E-state index in [1.165, 1.54) is 0 Å². The average molecular weight is 356 g/mol. The molecule has 0 aliphatic carbocycles. The lowest BCUT2D eigenvalue weighted by Crippen LogP contribution is -2.38. The van der Waals surface area contributed by atoms with Gasteiger partial charge in [0.05, 0.1) is 20.2 Å². The number of carbonyl (C=O) groups is 2. The maximum atomic E-state index is 12.1. The summed E-state index contributed by atoms with van der Waals surface area (Å²) >= 11 is 0. The summed E-state index contributed by atoms with van der Waals surface area (Å²) in [7, 11) is 1.57. The van der Waals surface area contributed by atoms with Gasteiger partial charge in [0.2, 0.25) is 5.91 Å². The maximum absolute atomic E-state index is 12.1. The van der Waals surface area contributed by atoms with Crippen LogP contribution in [-0.2, 0) is 4.79 Å². The molecule has 0 bridgehead atoms. The third-order valence-corrected chi connectivity index (χ3v) is 3.64. The molecule has 0 heterocycles. The molecule has 0 spiro atoms. The van der Waals surface area contributed by atoms with E-state index in [1.807, 2.05) is 32.0 Å². The van der Waals surface area contributed by atoms with Crippen molar-refractivity contribution < 1.29 is 19.1 Å². The SMILES string of the molecule is COc1ccccc1OCCNC(=O)CNC(=O)c1cc(C)cc(C)c1. The van der Waals surface area contributed by atoms with E-state index in [9.17, 15) is 9.59 Å². The number of aryl methyl sites for hydroxylation is 2. The van der Waals surface area contributed by atoms with Crippen LogP contribution in [0, 0.1) is 13.8 Å². The van der Waals surface area contributed by atoms with Crippen molar-refractivity contribution in [2.75, 3.05) is 26.8 Å². The Kier molecular flexibility index (Phi) is 7.02. The van der Waals surface area contributed by atoms with E-state index in [-0.39, 0.29) is 18.4 Å². The van der Waals surface area contributed by atoms with Crippen LogP contribution in [0.25, 0.3) is 0 Å². The minimum absolute atomic E-state index is 0.0829. The summed E-state index contributed by atoms with van der Waals surface area (Å²) in [5.74, 6) is 0.718. The van der Waals surface area contributed by atoms with Crippen molar-refractivity contribution in [2.45, 2.75) is 13.8 Å². The monoisotopic (exact) mass is 356 g/mol. The highest BCUT2D eigenvalue weighted by molar-refractivity contribution is 5.96. The van der Waals surface area contributed by atoms with Gasteiger partial charge in [-0.2, -0.15) is 0 Å². The van der Waals surface area contributed by atoms with Crippen LogP contribution in [0.1, 0.15) is 21.5 Å². The van der Waals surface area contributed by atoms with Gasteiger partial charge in [0.15, 0.2) is 11.5 Å². The Morgan fingerprint density at radius 1 is 0.962 bits per heavy atom. The zero-order valence-corrected chi connectivity index (χ0v) is 15.3. The first-order valence-electron chi connectivity index (χ1n) is 8.38. The summed E-state index contributed by atoms with van der Waals surface area (Å²) in [4.78, 5) is 24.0. The van der Waals surface area contributed by atoms with E-state index in [2.05, 4.69) is 10.6 Å². The molecule has 0 fully saturated rings. The fraction of sp³-hybridized carbons (Fsp3) is 0.300. The molecule has 0 aliphatic rings. The van der Waals surface area contributed by atoms with Crippen LogP contribution in [0.5, 0.6) is 11.5 Å². The first-order chi connectivity index (χ1) is 12.5. The lowest BCUT2D eigenvalue weighted by Gasteiger charge is -2.11. The molecule has 26 heavy (non-hydrogen) atoms. The molecule has 2 rings (SSSR count). The van der Waals surface area contributed by atoms with E-state index in [0.717, 1.165) is 11.1 Å². The summed E-state index contributed by atoms with van der Waals surface area (Å²) < 4.78 is 10.8. The molecule has 0 saturated carbocycles. The summed E-state index contributed by atoms with van der Waals surface area (Å²) in [6.07, 6.45) is 0. The van der Waals surface area contributed by atoms with Crippen molar-refractivity contribution in [3.63, 3.8) is 0 Å². The molecule has 6 nitrogen and oxygen atoms in total. The quantitative estimate of drug-likeness (QED) is 0.711. The van der Waals surface area contributed by atoms with Gasteiger partial charge in [-0.05, 0) is 38.1 Å². The number of benzene rings is 2. The van der Waals surface area contributed by atoms with Gasteiger partial charge in [-0.15, -0.1) is 0 Å². The molecule has 2 aromatic carbocycles. The lowest BCUT2D eigenvalue weighted by atomic mass is 10.1. The van der Waals surface area contributed by atoms with E-state index in [0.29, 0.717) is 30.2 Å². The molecule has 6 heteroatoms. The molecular weight excluding hydrogens is 332 g/mol. The molecule has 0 unspecified atom stereocenters. The van der Waals surface area contributed by atoms with Crippen molar-refractivity contribution in [3.05, 3.63) is 59.2 Å². The van der Waals surface area contributed by atoms with Gasteiger partial charge in [-0.3, -0.25) is 9.59 Å². The van der Waals surface area contributed by atoms with Gasteiger partial charge in [0.1, 0.15) is 6.61 Å². The predicted molar refractivity (Wildman–Crippen MR) is 99.7 cm³/mol. The Hall–Kier alpha value is -3.02. The average Bonchev–Trinajstić information content (AvgIpc) is 2.62. The van der Waals surface area contributed by atoms with Gasteiger partial charge >= 0.3 is 0 Å². The van der Waals surface area contributed by atoms with E-state index >= 15 is 0 Å². The molecule has 0 atom stereocenters. The highest BCUT2D eigenvalue weighted by atomic mass is 16.5. The molecule has 0 radical (unpaired) electrons. The first-order valence-corrected chi connectivity index (χ1v) is 8.38. The van der Waals surface area contributed by atoms with Crippen molar-refractivity contribution in [2.24, 2.45) is 0 Å². The van der Waals surface area contributed by atoms with E-state index in [1.54, 1.807) is 31.4 Å². The molecule has 2 aromatic rings. The van der Waals surface area contributed by atoms with Gasteiger partial charge < -0.3 is 20.1 Å². The molecule has 0 aliphatic heterocycles. The molecular formula is C20H24N2O4. The molecule has 2 amide bonds. The Morgan fingerprint density at radius 2 is 1.62 bits per heavy atom. The number of methoxy groups -OCH3 is 1. The number of nitrogens with one attached hydrogen (secondary N) is 2. The van der Waals surface area contributed by atoms with Gasteiger partial charge in [-0.25, -0.2) is 0 Å².